The molecule has 2 rings (SSSR count). The molecule has 0 saturated heterocycles. The summed E-state index contributed by atoms with van der Waals surface area (Å²) in [6, 6.07) is 12.3. The maximum Gasteiger partial charge on any atom is 0.243 e. The highest BCUT2D eigenvalue weighted by Gasteiger charge is 2.25. The molecule has 6 heteroatoms. The van der Waals surface area contributed by atoms with E-state index in [4.69, 9.17) is 5.73 Å². The van der Waals surface area contributed by atoms with Crippen molar-refractivity contribution in [2.75, 3.05) is 6.54 Å². The zero-order chi connectivity index (χ0) is 15.3. The summed E-state index contributed by atoms with van der Waals surface area (Å²) >= 11 is 0. The van der Waals surface area contributed by atoms with Crippen LogP contribution in [-0.4, -0.2) is 24.3 Å². The van der Waals surface area contributed by atoms with Crippen LogP contribution in [0.15, 0.2) is 53.6 Å². The summed E-state index contributed by atoms with van der Waals surface area (Å²) in [4.78, 5) is 4.45. The van der Waals surface area contributed by atoms with Gasteiger partial charge >= 0.3 is 0 Å². The van der Waals surface area contributed by atoms with Crippen LogP contribution in [0.1, 0.15) is 18.2 Å². The summed E-state index contributed by atoms with van der Waals surface area (Å²) < 4.78 is 27.0. The van der Waals surface area contributed by atoms with Gasteiger partial charge in [-0.3, -0.25) is 4.98 Å². The second-order valence-electron chi connectivity index (χ2n) is 4.56. The number of pyridine rings is 1. The summed E-state index contributed by atoms with van der Waals surface area (Å²) in [7, 11) is -3.58. The lowest BCUT2D eigenvalue weighted by atomic mass is 10.2. The largest absolute Gasteiger partial charge is 0.326 e. The van der Waals surface area contributed by atoms with Gasteiger partial charge in [-0.15, -0.1) is 0 Å². The average Bonchev–Trinajstić information content (AvgIpc) is 2.53. The van der Waals surface area contributed by atoms with Crippen molar-refractivity contribution in [1.29, 1.82) is 0 Å². The van der Waals surface area contributed by atoms with Gasteiger partial charge in [-0.05, 0) is 23.8 Å². The molecule has 2 aromatic rings. The van der Waals surface area contributed by atoms with E-state index in [1.807, 2.05) is 19.1 Å². The van der Waals surface area contributed by atoms with E-state index in [0.29, 0.717) is 17.8 Å². The molecule has 0 aliphatic carbocycles. The topological polar surface area (TPSA) is 76.3 Å². The van der Waals surface area contributed by atoms with E-state index in [-0.39, 0.29) is 18.0 Å². The van der Waals surface area contributed by atoms with Gasteiger partial charge in [0.2, 0.25) is 10.0 Å². The van der Waals surface area contributed by atoms with Crippen LogP contribution in [0.4, 0.5) is 0 Å². The summed E-state index contributed by atoms with van der Waals surface area (Å²) in [6.45, 7) is 2.62. The van der Waals surface area contributed by atoms with Gasteiger partial charge in [0.25, 0.3) is 0 Å². The van der Waals surface area contributed by atoms with Crippen molar-refractivity contribution in [3.8, 4) is 0 Å². The monoisotopic (exact) mass is 305 g/mol. The van der Waals surface area contributed by atoms with E-state index < -0.39 is 10.0 Å². The Labute approximate surface area is 125 Å². The Morgan fingerprint density at radius 1 is 1.14 bits per heavy atom. The molecule has 0 saturated carbocycles. The van der Waals surface area contributed by atoms with Crippen LogP contribution >= 0.6 is 0 Å². The third-order valence-electron chi connectivity index (χ3n) is 3.23. The Kier molecular flexibility index (Phi) is 5.06. The van der Waals surface area contributed by atoms with Crippen molar-refractivity contribution in [1.82, 2.24) is 9.29 Å². The molecule has 0 amide bonds. The van der Waals surface area contributed by atoms with Crippen molar-refractivity contribution in [2.24, 2.45) is 5.73 Å². The van der Waals surface area contributed by atoms with Crippen LogP contribution in [0.3, 0.4) is 0 Å². The first-order valence-corrected chi connectivity index (χ1v) is 8.21. The predicted molar refractivity (Wildman–Crippen MR) is 81.8 cm³/mol. The predicted octanol–water partition coefficient (Wildman–Crippen LogP) is 1.75. The zero-order valence-corrected chi connectivity index (χ0v) is 12.8. The number of hydrogen-bond donors (Lipinski definition) is 1. The molecule has 0 aliphatic heterocycles. The minimum atomic E-state index is -3.58. The summed E-state index contributed by atoms with van der Waals surface area (Å²) in [5.41, 5.74) is 6.98. The fourth-order valence-corrected chi connectivity index (χ4v) is 3.76. The summed E-state index contributed by atoms with van der Waals surface area (Å²) in [5.74, 6) is 0. The maximum absolute atomic E-state index is 12.8. The average molecular weight is 305 g/mol. The SMILES string of the molecule is CCN(Cc1ccccn1)S(=O)(=O)c1ccccc1CN. The molecule has 1 heterocycles. The molecule has 21 heavy (non-hydrogen) atoms. The van der Waals surface area contributed by atoms with E-state index in [2.05, 4.69) is 4.98 Å². The highest BCUT2D eigenvalue weighted by molar-refractivity contribution is 7.89. The van der Waals surface area contributed by atoms with Gasteiger partial charge in [-0.1, -0.05) is 31.2 Å². The number of rotatable bonds is 6. The first kappa shape index (κ1) is 15.6. The van der Waals surface area contributed by atoms with Gasteiger partial charge in [0.15, 0.2) is 0 Å². The Hall–Kier alpha value is -1.76. The van der Waals surface area contributed by atoms with Crippen molar-refractivity contribution in [3.63, 3.8) is 0 Å². The molecule has 0 bridgehead atoms. The van der Waals surface area contributed by atoms with Gasteiger partial charge in [0.05, 0.1) is 17.1 Å². The van der Waals surface area contributed by atoms with Gasteiger partial charge < -0.3 is 5.73 Å². The number of sulfonamides is 1. The van der Waals surface area contributed by atoms with Gasteiger partial charge in [-0.25, -0.2) is 8.42 Å². The normalized spacial score (nSPS) is 11.8. The quantitative estimate of drug-likeness (QED) is 0.882. The molecule has 112 valence electrons. The Morgan fingerprint density at radius 2 is 1.86 bits per heavy atom. The van der Waals surface area contributed by atoms with E-state index in [1.54, 1.807) is 36.5 Å². The lowest BCUT2D eigenvalue weighted by molar-refractivity contribution is 0.418. The van der Waals surface area contributed by atoms with E-state index in [9.17, 15) is 8.42 Å². The number of nitrogens with two attached hydrogens (primary N) is 1. The molecule has 1 aromatic heterocycles. The van der Waals surface area contributed by atoms with Gasteiger partial charge in [-0.2, -0.15) is 4.31 Å². The number of benzene rings is 1. The third kappa shape index (κ3) is 3.47. The molecule has 0 spiro atoms. The Morgan fingerprint density at radius 3 is 2.48 bits per heavy atom. The Bertz CT molecular complexity index is 687. The van der Waals surface area contributed by atoms with Crippen molar-refractivity contribution in [2.45, 2.75) is 24.9 Å². The lowest BCUT2D eigenvalue weighted by Gasteiger charge is -2.21. The molecule has 1 aromatic carbocycles. The van der Waals surface area contributed by atoms with Crippen LogP contribution in [0.5, 0.6) is 0 Å². The third-order valence-corrected chi connectivity index (χ3v) is 5.25. The first-order chi connectivity index (χ1) is 10.1. The first-order valence-electron chi connectivity index (χ1n) is 6.77. The summed E-state index contributed by atoms with van der Waals surface area (Å²) in [5, 5.41) is 0. The molecule has 0 atom stereocenters. The number of hydrogen-bond acceptors (Lipinski definition) is 4. The Balaban J connectivity index is 2.36. The molecule has 0 aliphatic rings. The fourth-order valence-electron chi connectivity index (χ4n) is 2.10. The van der Waals surface area contributed by atoms with E-state index in [1.165, 1.54) is 4.31 Å². The number of aromatic nitrogens is 1. The highest BCUT2D eigenvalue weighted by atomic mass is 32.2. The van der Waals surface area contributed by atoms with Crippen LogP contribution in [-0.2, 0) is 23.1 Å². The summed E-state index contributed by atoms with van der Waals surface area (Å²) in [6.07, 6.45) is 1.66. The minimum Gasteiger partial charge on any atom is -0.326 e. The highest BCUT2D eigenvalue weighted by Crippen LogP contribution is 2.21. The second kappa shape index (κ2) is 6.80. The van der Waals surface area contributed by atoms with Crippen molar-refractivity contribution >= 4 is 10.0 Å². The minimum absolute atomic E-state index is 0.191. The van der Waals surface area contributed by atoms with E-state index >= 15 is 0 Å². The van der Waals surface area contributed by atoms with E-state index in [0.717, 1.165) is 0 Å². The lowest BCUT2D eigenvalue weighted by Crippen LogP contribution is -2.31. The smallest absolute Gasteiger partial charge is 0.243 e. The van der Waals surface area contributed by atoms with Gasteiger partial charge in [0.1, 0.15) is 0 Å². The maximum atomic E-state index is 12.8. The molecule has 5 nitrogen and oxygen atoms in total. The van der Waals surface area contributed by atoms with Crippen LogP contribution in [0.2, 0.25) is 0 Å². The second-order valence-corrected chi connectivity index (χ2v) is 6.47. The zero-order valence-electron chi connectivity index (χ0n) is 11.9. The van der Waals surface area contributed by atoms with Crippen LogP contribution in [0, 0.1) is 0 Å². The molecule has 0 fully saturated rings. The number of nitrogens with zero attached hydrogens (tertiary/aromatic N) is 2. The van der Waals surface area contributed by atoms with Crippen molar-refractivity contribution < 1.29 is 8.42 Å². The van der Waals surface area contributed by atoms with Crippen LogP contribution < -0.4 is 5.73 Å². The molecule has 0 unspecified atom stereocenters. The van der Waals surface area contributed by atoms with Crippen LogP contribution in [0.25, 0.3) is 0 Å². The molecular weight excluding hydrogens is 286 g/mol. The van der Waals surface area contributed by atoms with Gasteiger partial charge in [0, 0.05) is 19.3 Å². The molecule has 2 N–H and O–H groups in total. The standard InChI is InChI=1S/C15H19N3O2S/c1-2-18(12-14-8-5-6-10-17-14)21(19,20)15-9-4-3-7-13(15)11-16/h3-10H,2,11-12,16H2,1H3. The van der Waals surface area contributed by atoms with Crippen molar-refractivity contribution in [3.05, 3.63) is 59.9 Å². The molecule has 0 radical (unpaired) electrons. The molecular formula is C15H19N3O2S. The fraction of sp³-hybridized carbons (Fsp3) is 0.267.